The van der Waals surface area contributed by atoms with Gasteiger partial charge in [0.2, 0.25) is 5.75 Å². The largest absolute Gasteiger partial charge is 0.493 e. The summed E-state index contributed by atoms with van der Waals surface area (Å²) in [5.41, 5.74) is 1.71. The quantitative estimate of drug-likeness (QED) is 0.557. The van der Waals surface area contributed by atoms with Gasteiger partial charge in [0.25, 0.3) is 0 Å². The number of Topliss-reactive ketones (excluding diaryl/α,β-unsaturated/α-hetero) is 1. The molecule has 0 bridgehead atoms. The van der Waals surface area contributed by atoms with Gasteiger partial charge >= 0.3 is 0 Å². The Bertz CT molecular complexity index is 830. The number of nitrogens with zero attached hydrogens (tertiary/aromatic N) is 2. The van der Waals surface area contributed by atoms with Crippen molar-refractivity contribution in [3.63, 3.8) is 0 Å². The fourth-order valence-corrected chi connectivity index (χ4v) is 3.73. The number of halogens is 2. The molecule has 0 aliphatic carbocycles. The summed E-state index contributed by atoms with van der Waals surface area (Å²) in [6.07, 6.45) is 0.440. The van der Waals surface area contributed by atoms with E-state index in [-0.39, 0.29) is 18.2 Å². The van der Waals surface area contributed by atoms with E-state index in [4.69, 9.17) is 25.8 Å². The first-order valence-electron chi connectivity index (χ1n) is 9.61. The fourth-order valence-electron chi connectivity index (χ4n) is 3.55. The summed E-state index contributed by atoms with van der Waals surface area (Å²) in [5.74, 6) is 1.53. The number of methoxy groups -OCH3 is 3. The van der Waals surface area contributed by atoms with Crippen molar-refractivity contribution in [3.05, 3.63) is 47.0 Å². The Morgan fingerprint density at radius 1 is 0.967 bits per heavy atom. The Labute approximate surface area is 189 Å². The van der Waals surface area contributed by atoms with Crippen molar-refractivity contribution in [1.29, 1.82) is 0 Å². The number of piperazine rings is 1. The van der Waals surface area contributed by atoms with E-state index < -0.39 is 0 Å². The Kier molecular flexibility index (Phi) is 9.08. The highest BCUT2D eigenvalue weighted by Crippen LogP contribution is 2.38. The van der Waals surface area contributed by atoms with Crippen molar-refractivity contribution < 1.29 is 19.0 Å². The molecule has 3 rings (SSSR count). The van der Waals surface area contributed by atoms with Gasteiger partial charge in [-0.1, -0.05) is 17.7 Å². The maximum absolute atomic E-state index is 12.7. The first-order valence-corrected chi connectivity index (χ1v) is 9.99. The van der Waals surface area contributed by atoms with Crippen LogP contribution in [0.25, 0.3) is 0 Å². The number of ketones is 1. The molecular formula is C22H28Cl2N2O4. The molecule has 1 aliphatic rings. The molecule has 8 heteroatoms. The van der Waals surface area contributed by atoms with Crippen molar-refractivity contribution in [2.24, 2.45) is 0 Å². The molecule has 2 aromatic rings. The highest BCUT2D eigenvalue weighted by Gasteiger charge is 2.20. The van der Waals surface area contributed by atoms with E-state index in [1.54, 1.807) is 33.5 Å². The Balaban J connectivity index is 0.00000320. The molecule has 1 saturated heterocycles. The molecule has 0 saturated carbocycles. The topological polar surface area (TPSA) is 51.2 Å². The maximum Gasteiger partial charge on any atom is 0.203 e. The van der Waals surface area contributed by atoms with Gasteiger partial charge in [-0.15, -0.1) is 12.4 Å². The third kappa shape index (κ3) is 5.72. The highest BCUT2D eigenvalue weighted by atomic mass is 35.5. The zero-order chi connectivity index (χ0) is 20.8. The summed E-state index contributed by atoms with van der Waals surface area (Å²) in [7, 11) is 4.64. The smallest absolute Gasteiger partial charge is 0.203 e. The van der Waals surface area contributed by atoms with Gasteiger partial charge in [0.1, 0.15) is 0 Å². The predicted molar refractivity (Wildman–Crippen MR) is 122 cm³/mol. The van der Waals surface area contributed by atoms with Gasteiger partial charge < -0.3 is 19.1 Å². The molecule has 2 aromatic carbocycles. The van der Waals surface area contributed by atoms with Gasteiger partial charge in [0, 0.05) is 55.4 Å². The van der Waals surface area contributed by atoms with E-state index in [2.05, 4.69) is 15.9 Å². The second-order valence-electron chi connectivity index (χ2n) is 6.90. The van der Waals surface area contributed by atoms with Crippen molar-refractivity contribution in [2.45, 2.75) is 6.42 Å². The predicted octanol–water partition coefficient (Wildman–Crippen LogP) is 4.18. The van der Waals surface area contributed by atoms with Gasteiger partial charge in [0.15, 0.2) is 17.3 Å². The van der Waals surface area contributed by atoms with Crippen molar-refractivity contribution in [1.82, 2.24) is 4.90 Å². The lowest BCUT2D eigenvalue weighted by atomic mass is 10.1. The number of anilines is 1. The van der Waals surface area contributed by atoms with Gasteiger partial charge in [-0.25, -0.2) is 0 Å². The molecule has 0 N–H and O–H groups in total. The minimum Gasteiger partial charge on any atom is -0.493 e. The zero-order valence-corrected chi connectivity index (χ0v) is 19.1. The lowest BCUT2D eigenvalue weighted by Crippen LogP contribution is -2.46. The van der Waals surface area contributed by atoms with Crippen LogP contribution in [-0.2, 0) is 0 Å². The van der Waals surface area contributed by atoms with Crippen LogP contribution in [0.1, 0.15) is 16.8 Å². The Hall–Kier alpha value is -2.15. The number of ether oxygens (including phenoxy) is 3. The van der Waals surface area contributed by atoms with Crippen LogP contribution in [0.4, 0.5) is 5.69 Å². The molecule has 0 aromatic heterocycles. The first kappa shape index (κ1) is 24.1. The Morgan fingerprint density at radius 3 is 2.13 bits per heavy atom. The van der Waals surface area contributed by atoms with E-state index in [9.17, 15) is 4.79 Å². The summed E-state index contributed by atoms with van der Waals surface area (Å²) in [4.78, 5) is 17.4. The summed E-state index contributed by atoms with van der Waals surface area (Å²) >= 11 is 6.10. The number of rotatable bonds is 8. The molecule has 1 aliphatic heterocycles. The number of carbonyl (C=O) groups excluding carboxylic acids is 1. The van der Waals surface area contributed by atoms with Gasteiger partial charge in [-0.05, 0) is 30.3 Å². The zero-order valence-electron chi connectivity index (χ0n) is 17.5. The lowest BCUT2D eigenvalue weighted by molar-refractivity contribution is 0.0961. The first-order chi connectivity index (χ1) is 14.0. The van der Waals surface area contributed by atoms with E-state index in [1.165, 1.54) is 0 Å². The van der Waals surface area contributed by atoms with Crippen LogP contribution in [-0.4, -0.2) is 64.7 Å². The third-order valence-electron chi connectivity index (χ3n) is 5.19. The molecule has 1 heterocycles. The average molecular weight is 455 g/mol. The summed E-state index contributed by atoms with van der Waals surface area (Å²) < 4.78 is 16.0. The van der Waals surface area contributed by atoms with Crippen LogP contribution in [0.2, 0.25) is 5.02 Å². The normalized spacial score (nSPS) is 14.1. The molecule has 0 spiro atoms. The number of benzene rings is 2. The van der Waals surface area contributed by atoms with Crippen molar-refractivity contribution in [2.75, 3.05) is 59.0 Å². The van der Waals surface area contributed by atoms with E-state index in [0.29, 0.717) is 29.2 Å². The van der Waals surface area contributed by atoms with E-state index in [1.807, 2.05) is 18.2 Å². The molecule has 30 heavy (non-hydrogen) atoms. The van der Waals surface area contributed by atoms with Crippen LogP contribution < -0.4 is 19.1 Å². The molecule has 1 fully saturated rings. The van der Waals surface area contributed by atoms with Crippen molar-refractivity contribution >= 4 is 35.5 Å². The lowest BCUT2D eigenvalue weighted by Gasteiger charge is -2.36. The molecule has 0 unspecified atom stereocenters. The standard InChI is InChI=1S/C22H27ClN2O4.ClH/c1-27-20-13-16(14-21(28-2)22(20)29-3)19(26)7-8-24-9-11-25(12-10-24)18-6-4-5-17(23)15-18;/h4-6,13-15H,7-12H2,1-3H3;1H. The third-order valence-corrected chi connectivity index (χ3v) is 5.42. The second-order valence-corrected chi connectivity index (χ2v) is 7.33. The van der Waals surface area contributed by atoms with Crippen molar-refractivity contribution in [3.8, 4) is 17.2 Å². The van der Waals surface area contributed by atoms with Gasteiger partial charge in [-0.3, -0.25) is 9.69 Å². The van der Waals surface area contributed by atoms with Gasteiger partial charge in [0.05, 0.1) is 21.3 Å². The molecule has 6 nitrogen and oxygen atoms in total. The maximum atomic E-state index is 12.7. The summed E-state index contributed by atoms with van der Waals surface area (Å²) in [5, 5.41) is 0.751. The van der Waals surface area contributed by atoms with Crippen LogP contribution >= 0.6 is 24.0 Å². The highest BCUT2D eigenvalue weighted by molar-refractivity contribution is 6.30. The van der Waals surface area contributed by atoms with E-state index in [0.717, 1.165) is 43.4 Å². The van der Waals surface area contributed by atoms with Crippen LogP contribution in [0.15, 0.2) is 36.4 Å². The monoisotopic (exact) mass is 454 g/mol. The summed E-state index contributed by atoms with van der Waals surface area (Å²) in [6.45, 7) is 4.38. The molecule has 0 atom stereocenters. The van der Waals surface area contributed by atoms with Gasteiger partial charge in [-0.2, -0.15) is 0 Å². The molecular weight excluding hydrogens is 427 g/mol. The second kappa shape index (κ2) is 11.3. The fraction of sp³-hybridized carbons (Fsp3) is 0.409. The number of hydrogen-bond acceptors (Lipinski definition) is 6. The summed E-state index contributed by atoms with van der Waals surface area (Å²) in [6, 6.07) is 11.3. The van der Waals surface area contributed by atoms with Crippen LogP contribution in [0.5, 0.6) is 17.2 Å². The minimum absolute atomic E-state index is 0. The number of hydrogen-bond donors (Lipinski definition) is 0. The average Bonchev–Trinajstić information content (AvgIpc) is 2.76. The molecule has 0 amide bonds. The SMILES string of the molecule is COc1cc(C(=O)CCN2CCN(c3cccc(Cl)c3)CC2)cc(OC)c1OC.Cl. The molecule has 164 valence electrons. The Morgan fingerprint density at radius 2 is 1.60 bits per heavy atom. The molecule has 0 radical (unpaired) electrons. The minimum atomic E-state index is 0. The van der Waals surface area contributed by atoms with Crippen LogP contribution in [0, 0.1) is 0 Å². The van der Waals surface area contributed by atoms with E-state index >= 15 is 0 Å². The van der Waals surface area contributed by atoms with Crippen LogP contribution in [0.3, 0.4) is 0 Å². The number of carbonyl (C=O) groups is 1.